The van der Waals surface area contributed by atoms with Gasteiger partial charge in [-0.3, -0.25) is 9.59 Å². The van der Waals surface area contributed by atoms with E-state index >= 15 is 0 Å². The molecule has 1 aliphatic rings. The summed E-state index contributed by atoms with van der Waals surface area (Å²) in [4.78, 5) is 31.0. The largest absolute Gasteiger partial charge is 0.491 e. The molecule has 0 fully saturated rings. The molecule has 4 rings (SSSR count). The van der Waals surface area contributed by atoms with E-state index < -0.39 is 11.7 Å². The van der Waals surface area contributed by atoms with Crippen LogP contribution < -0.4 is 4.74 Å². The van der Waals surface area contributed by atoms with Crippen molar-refractivity contribution < 1.29 is 18.7 Å². The fourth-order valence-corrected chi connectivity index (χ4v) is 5.37. The number of thiophene rings is 1. The van der Waals surface area contributed by atoms with E-state index in [1.807, 2.05) is 31.4 Å². The van der Waals surface area contributed by atoms with Gasteiger partial charge < -0.3 is 14.5 Å². The smallest absolute Gasteiger partial charge is 0.254 e. The molecule has 0 saturated heterocycles. The quantitative estimate of drug-likeness (QED) is 0.399. The summed E-state index contributed by atoms with van der Waals surface area (Å²) in [6.07, 6.45) is 2.33. The summed E-state index contributed by atoms with van der Waals surface area (Å²) in [6.45, 7) is 8.68. The fourth-order valence-electron chi connectivity index (χ4n) is 4.44. The molecule has 2 amide bonds. The van der Waals surface area contributed by atoms with Gasteiger partial charge in [-0.15, -0.1) is 17.9 Å². The predicted octanol–water partition coefficient (Wildman–Crippen LogP) is 5.34. The summed E-state index contributed by atoms with van der Waals surface area (Å²) >= 11 is 1.69. The molecule has 5 nitrogen and oxygen atoms in total. The Labute approximate surface area is 209 Å². The van der Waals surface area contributed by atoms with Crippen LogP contribution in [-0.4, -0.2) is 47.9 Å². The Hall–Kier alpha value is -3.45. The number of benzene rings is 2. The zero-order valence-corrected chi connectivity index (χ0v) is 20.8. The highest BCUT2D eigenvalue weighted by atomic mass is 32.1. The van der Waals surface area contributed by atoms with E-state index in [2.05, 4.69) is 18.7 Å². The summed E-state index contributed by atoms with van der Waals surface area (Å²) in [5.41, 5.74) is 3.50. The minimum Gasteiger partial charge on any atom is -0.491 e. The minimum absolute atomic E-state index is 0.124. The summed E-state index contributed by atoms with van der Waals surface area (Å²) in [5.74, 6) is -0.290. The average Bonchev–Trinajstić information content (AvgIpc) is 3.32. The summed E-state index contributed by atoms with van der Waals surface area (Å²) in [6, 6.07) is 13.3. The van der Waals surface area contributed by atoms with Gasteiger partial charge in [0, 0.05) is 23.5 Å². The molecule has 2 heterocycles. The van der Waals surface area contributed by atoms with Gasteiger partial charge in [0.2, 0.25) is 5.91 Å². The van der Waals surface area contributed by atoms with Gasteiger partial charge >= 0.3 is 0 Å². The van der Waals surface area contributed by atoms with Gasteiger partial charge in [-0.1, -0.05) is 29.8 Å². The van der Waals surface area contributed by atoms with Crippen LogP contribution in [0.3, 0.4) is 0 Å². The number of halogens is 1. The zero-order valence-electron chi connectivity index (χ0n) is 20.0. The molecule has 0 unspecified atom stereocenters. The van der Waals surface area contributed by atoms with Crippen molar-refractivity contribution in [2.24, 2.45) is 0 Å². The van der Waals surface area contributed by atoms with Crippen molar-refractivity contribution in [2.75, 3.05) is 26.2 Å². The highest BCUT2D eigenvalue weighted by molar-refractivity contribution is 7.10. The van der Waals surface area contributed by atoms with E-state index in [1.165, 1.54) is 28.0 Å². The van der Waals surface area contributed by atoms with E-state index in [-0.39, 0.29) is 30.6 Å². The maximum atomic E-state index is 13.7. The number of hydrogen-bond acceptors (Lipinski definition) is 4. The first kappa shape index (κ1) is 24.7. The number of amides is 2. The van der Waals surface area contributed by atoms with Crippen LogP contribution in [0.1, 0.15) is 38.0 Å². The van der Waals surface area contributed by atoms with Crippen LogP contribution in [0.5, 0.6) is 5.75 Å². The lowest BCUT2D eigenvalue weighted by molar-refractivity contribution is -0.135. The molecule has 3 aromatic rings. The lowest BCUT2D eigenvalue weighted by atomic mass is 10.00. The van der Waals surface area contributed by atoms with Crippen molar-refractivity contribution in [1.82, 2.24) is 9.80 Å². The van der Waals surface area contributed by atoms with Gasteiger partial charge in [0.1, 0.15) is 24.7 Å². The third-order valence-corrected chi connectivity index (χ3v) is 7.17. The molecule has 1 atom stereocenters. The summed E-state index contributed by atoms with van der Waals surface area (Å²) in [7, 11) is 0. The maximum Gasteiger partial charge on any atom is 0.254 e. The van der Waals surface area contributed by atoms with E-state index in [0.29, 0.717) is 13.2 Å². The molecule has 0 spiro atoms. The Morgan fingerprint density at radius 1 is 1.23 bits per heavy atom. The first-order chi connectivity index (χ1) is 16.9. The van der Waals surface area contributed by atoms with Gasteiger partial charge in [-0.25, -0.2) is 4.39 Å². The topological polar surface area (TPSA) is 49.9 Å². The van der Waals surface area contributed by atoms with Crippen molar-refractivity contribution in [3.63, 3.8) is 0 Å². The van der Waals surface area contributed by atoms with Crippen molar-refractivity contribution in [2.45, 2.75) is 26.3 Å². The second kappa shape index (κ2) is 10.9. The summed E-state index contributed by atoms with van der Waals surface area (Å²) in [5, 5.41) is 2.04. The standard InChI is InChI=1S/C28H29FN2O3S/c1-4-12-30(28(33)21-6-5-7-22(29)16-21)17-27(32)31-13-10-26-23(11-14-35-26)24(31)18-34-25-9-8-19(2)15-20(25)3/h4-9,11,14-16,24H,1,10,12-13,17-18H2,2-3H3/t24-/m1/s1. The fraction of sp³-hybridized carbons (Fsp3) is 0.286. The predicted molar refractivity (Wildman–Crippen MR) is 136 cm³/mol. The zero-order chi connectivity index (χ0) is 24.9. The van der Waals surface area contributed by atoms with E-state index in [9.17, 15) is 14.0 Å². The molecule has 2 aromatic carbocycles. The molecule has 35 heavy (non-hydrogen) atoms. The molecule has 0 N–H and O–H groups in total. The lowest BCUT2D eigenvalue weighted by Gasteiger charge is -2.37. The Morgan fingerprint density at radius 2 is 2.06 bits per heavy atom. The molecule has 1 aromatic heterocycles. The van der Waals surface area contributed by atoms with Gasteiger partial charge in [0.25, 0.3) is 5.91 Å². The van der Waals surface area contributed by atoms with Gasteiger partial charge in [0.15, 0.2) is 0 Å². The van der Waals surface area contributed by atoms with Crippen molar-refractivity contribution in [3.05, 3.63) is 99.5 Å². The highest BCUT2D eigenvalue weighted by Crippen LogP contribution is 2.34. The van der Waals surface area contributed by atoms with Crippen molar-refractivity contribution in [3.8, 4) is 5.75 Å². The van der Waals surface area contributed by atoms with Crippen LogP contribution in [0.4, 0.5) is 4.39 Å². The highest BCUT2D eigenvalue weighted by Gasteiger charge is 2.33. The first-order valence-electron chi connectivity index (χ1n) is 11.6. The SMILES string of the molecule is C=CCN(CC(=O)N1CCc2sccc2[C@H]1COc1ccc(C)cc1C)C(=O)c1cccc(F)c1. The lowest BCUT2D eigenvalue weighted by Crippen LogP contribution is -2.47. The number of rotatable bonds is 8. The Kier molecular flexibility index (Phi) is 7.66. The van der Waals surface area contributed by atoms with Gasteiger partial charge in [0.05, 0.1) is 6.04 Å². The number of ether oxygens (including phenoxy) is 1. The number of carbonyl (C=O) groups excluding carboxylic acids is 2. The maximum absolute atomic E-state index is 13.7. The molecular weight excluding hydrogens is 463 g/mol. The second-order valence-electron chi connectivity index (χ2n) is 8.72. The molecule has 0 bridgehead atoms. The molecule has 0 radical (unpaired) electrons. The minimum atomic E-state index is -0.495. The number of carbonyl (C=O) groups is 2. The van der Waals surface area contributed by atoms with Crippen molar-refractivity contribution in [1.29, 1.82) is 0 Å². The molecule has 182 valence electrons. The Bertz CT molecular complexity index is 1240. The van der Waals surface area contributed by atoms with E-state index in [0.717, 1.165) is 28.9 Å². The monoisotopic (exact) mass is 492 g/mol. The molecular formula is C28H29FN2O3S. The van der Waals surface area contributed by atoms with Crippen molar-refractivity contribution >= 4 is 23.2 Å². The molecule has 7 heteroatoms. The van der Waals surface area contributed by atoms with Crippen LogP contribution in [0.2, 0.25) is 0 Å². The number of fused-ring (bicyclic) bond motifs is 1. The summed E-state index contributed by atoms with van der Waals surface area (Å²) < 4.78 is 19.9. The number of aryl methyl sites for hydroxylation is 2. The van der Waals surface area contributed by atoms with Crippen LogP contribution in [0, 0.1) is 19.7 Å². The third-order valence-electron chi connectivity index (χ3n) is 6.18. The molecule has 0 saturated carbocycles. The van der Waals surface area contributed by atoms with Crippen LogP contribution in [0.25, 0.3) is 0 Å². The Morgan fingerprint density at radius 3 is 2.80 bits per heavy atom. The second-order valence-corrected chi connectivity index (χ2v) is 9.72. The normalized spacial score (nSPS) is 14.8. The number of hydrogen-bond donors (Lipinski definition) is 0. The number of nitrogens with zero attached hydrogens (tertiary/aromatic N) is 2. The van der Waals surface area contributed by atoms with Gasteiger partial charge in [-0.05, 0) is 67.1 Å². The third kappa shape index (κ3) is 5.62. The molecule has 1 aliphatic heterocycles. The van der Waals surface area contributed by atoms with E-state index in [1.54, 1.807) is 28.4 Å². The van der Waals surface area contributed by atoms with Gasteiger partial charge in [-0.2, -0.15) is 0 Å². The Balaban J connectivity index is 1.54. The average molecular weight is 493 g/mol. The first-order valence-corrected chi connectivity index (χ1v) is 12.5. The van der Waals surface area contributed by atoms with Crippen LogP contribution in [-0.2, 0) is 11.2 Å². The van der Waals surface area contributed by atoms with Crippen LogP contribution in [0.15, 0.2) is 66.6 Å². The van der Waals surface area contributed by atoms with E-state index in [4.69, 9.17) is 4.74 Å². The van der Waals surface area contributed by atoms with Crippen LogP contribution >= 0.6 is 11.3 Å². The molecule has 0 aliphatic carbocycles.